The number of nitrogens with zero attached hydrogens (tertiary/aromatic N) is 1. The highest BCUT2D eigenvalue weighted by atomic mass is 35.5. The molecule has 0 bridgehead atoms. The van der Waals surface area contributed by atoms with Gasteiger partial charge in [0.05, 0.1) is 11.5 Å². The summed E-state index contributed by atoms with van der Waals surface area (Å²) in [5, 5.41) is 0.618. The molecule has 9 heteroatoms. The Balaban J connectivity index is 1.65. The van der Waals surface area contributed by atoms with Crippen molar-refractivity contribution >= 4 is 33.3 Å². The van der Waals surface area contributed by atoms with Crippen LogP contribution in [0.4, 0.5) is 0 Å². The fourth-order valence-corrected chi connectivity index (χ4v) is 5.48. The highest BCUT2D eigenvalue weighted by Gasteiger charge is 2.36. The third-order valence-corrected chi connectivity index (χ3v) is 7.32. The van der Waals surface area contributed by atoms with Gasteiger partial charge in [-0.2, -0.15) is 0 Å². The molecule has 1 heterocycles. The van der Waals surface area contributed by atoms with Crippen molar-refractivity contribution < 1.29 is 27.5 Å². The summed E-state index contributed by atoms with van der Waals surface area (Å²) in [6, 6.07) is 13.4. The normalized spacial score (nSPS) is 18.0. The molecule has 0 spiro atoms. The molecule has 2 atom stereocenters. The van der Waals surface area contributed by atoms with Gasteiger partial charge < -0.3 is 14.4 Å². The van der Waals surface area contributed by atoms with E-state index in [1.165, 1.54) is 11.8 Å². The van der Waals surface area contributed by atoms with Gasteiger partial charge in [-0.05, 0) is 50.1 Å². The Bertz CT molecular complexity index is 1070. The van der Waals surface area contributed by atoms with Crippen LogP contribution in [0.3, 0.4) is 0 Å². The zero-order chi connectivity index (χ0) is 23.3. The van der Waals surface area contributed by atoms with Crippen LogP contribution in [0.5, 0.6) is 5.75 Å². The van der Waals surface area contributed by atoms with Crippen LogP contribution in [0.1, 0.15) is 36.2 Å². The molecule has 0 aromatic heterocycles. The standard InChI is InChI=1S/C23H26ClNO6S/c1-3-25(19-12-13-32(28,29)15-19)22(26)16(2)31-23(27)20-6-4-5-7-21(20)30-14-17-8-10-18(24)11-9-17/h4-11,16,19H,3,12-15H2,1-2H3. The first kappa shape index (κ1) is 24.1. The van der Waals surface area contributed by atoms with Crippen molar-refractivity contribution in [3.8, 4) is 5.75 Å². The van der Waals surface area contributed by atoms with Gasteiger partial charge in [-0.25, -0.2) is 13.2 Å². The van der Waals surface area contributed by atoms with E-state index < -0.39 is 33.9 Å². The Morgan fingerprint density at radius 3 is 2.47 bits per heavy atom. The predicted molar refractivity (Wildman–Crippen MR) is 122 cm³/mol. The van der Waals surface area contributed by atoms with E-state index in [1.54, 1.807) is 43.3 Å². The first-order valence-corrected chi connectivity index (χ1v) is 12.6. The molecular weight excluding hydrogens is 454 g/mol. The summed E-state index contributed by atoms with van der Waals surface area (Å²) in [6.45, 7) is 3.83. The summed E-state index contributed by atoms with van der Waals surface area (Å²) in [5.74, 6) is -0.765. The molecule has 2 aromatic carbocycles. The van der Waals surface area contributed by atoms with Crippen molar-refractivity contribution in [2.24, 2.45) is 0 Å². The minimum atomic E-state index is -3.14. The molecule has 2 unspecified atom stereocenters. The second-order valence-corrected chi connectivity index (χ2v) is 10.3. The molecule has 0 saturated carbocycles. The lowest BCUT2D eigenvalue weighted by atomic mass is 10.2. The second kappa shape index (κ2) is 10.4. The zero-order valence-electron chi connectivity index (χ0n) is 18.0. The predicted octanol–water partition coefficient (Wildman–Crippen LogP) is 3.50. The van der Waals surface area contributed by atoms with Crippen molar-refractivity contribution in [3.05, 3.63) is 64.7 Å². The van der Waals surface area contributed by atoms with E-state index >= 15 is 0 Å². The second-order valence-electron chi connectivity index (χ2n) is 7.64. The van der Waals surface area contributed by atoms with Crippen molar-refractivity contribution in [3.63, 3.8) is 0 Å². The number of para-hydroxylation sites is 1. The number of halogens is 1. The van der Waals surface area contributed by atoms with Crippen LogP contribution in [0.2, 0.25) is 5.02 Å². The molecule has 172 valence electrons. The Morgan fingerprint density at radius 1 is 1.16 bits per heavy atom. The number of esters is 1. The molecule has 1 amide bonds. The lowest BCUT2D eigenvalue weighted by Crippen LogP contribution is -2.46. The Kier molecular flexibility index (Phi) is 7.79. The minimum absolute atomic E-state index is 0.0609. The number of ether oxygens (including phenoxy) is 2. The maximum absolute atomic E-state index is 12.9. The van der Waals surface area contributed by atoms with Crippen LogP contribution < -0.4 is 4.74 Å². The summed E-state index contributed by atoms with van der Waals surface area (Å²) in [7, 11) is -3.14. The highest BCUT2D eigenvalue weighted by Crippen LogP contribution is 2.23. The van der Waals surface area contributed by atoms with Gasteiger partial charge in [0.2, 0.25) is 0 Å². The maximum Gasteiger partial charge on any atom is 0.342 e. The maximum atomic E-state index is 12.9. The van der Waals surface area contributed by atoms with Crippen LogP contribution in [0.15, 0.2) is 48.5 Å². The zero-order valence-corrected chi connectivity index (χ0v) is 19.6. The third kappa shape index (κ3) is 6.01. The number of hydrogen-bond donors (Lipinski definition) is 0. The van der Waals surface area contributed by atoms with Gasteiger partial charge in [0.15, 0.2) is 15.9 Å². The van der Waals surface area contributed by atoms with E-state index in [-0.39, 0.29) is 23.7 Å². The molecule has 32 heavy (non-hydrogen) atoms. The number of likely N-dealkylation sites (N-methyl/N-ethyl adjacent to an activating group) is 1. The Hall–Kier alpha value is -2.58. The Labute approximate surface area is 193 Å². The number of carbonyl (C=O) groups is 2. The van der Waals surface area contributed by atoms with Gasteiger partial charge >= 0.3 is 5.97 Å². The van der Waals surface area contributed by atoms with Gasteiger partial charge in [0.1, 0.15) is 17.9 Å². The number of hydrogen-bond acceptors (Lipinski definition) is 6. The van der Waals surface area contributed by atoms with Gasteiger partial charge in [-0.15, -0.1) is 0 Å². The fraction of sp³-hybridized carbons (Fsp3) is 0.391. The summed E-state index contributed by atoms with van der Waals surface area (Å²) < 4.78 is 34.8. The molecule has 1 aliphatic rings. The lowest BCUT2D eigenvalue weighted by Gasteiger charge is -2.29. The van der Waals surface area contributed by atoms with Crippen molar-refractivity contribution in [2.75, 3.05) is 18.1 Å². The Morgan fingerprint density at radius 2 is 1.84 bits per heavy atom. The molecule has 1 aliphatic heterocycles. The SMILES string of the molecule is CCN(C(=O)C(C)OC(=O)c1ccccc1OCc1ccc(Cl)cc1)C1CCS(=O)(=O)C1. The van der Waals surface area contributed by atoms with Crippen LogP contribution in [0.25, 0.3) is 0 Å². The van der Waals surface area contributed by atoms with E-state index in [0.29, 0.717) is 23.7 Å². The van der Waals surface area contributed by atoms with Gasteiger partial charge in [0, 0.05) is 17.6 Å². The fourth-order valence-electron chi connectivity index (χ4n) is 3.63. The number of sulfone groups is 1. The van der Waals surface area contributed by atoms with Crippen molar-refractivity contribution in [2.45, 2.75) is 39.0 Å². The summed E-state index contributed by atoms with van der Waals surface area (Å²) >= 11 is 5.89. The van der Waals surface area contributed by atoms with Gasteiger partial charge in [0.25, 0.3) is 5.91 Å². The smallest absolute Gasteiger partial charge is 0.342 e. The highest BCUT2D eigenvalue weighted by molar-refractivity contribution is 7.91. The van der Waals surface area contributed by atoms with Gasteiger partial charge in [-0.1, -0.05) is 35.9 Å². The van der Waals surface area contributed by atoms with E-state index in [1.807, 2.05) is 12.1 Å². The number of rotatable bonds is 8. The molecule has 0 N–H and O–H groups in total. The summed E-state index contributed by atoms with van der Waals surface area (Å²) in [6.07, 6.45) is -0.667. The third-order valence-electron chi connectivity index (χ3n) is 5.32. The molecule has 3 rings (SSSR count). The van der Waals surface area contributed by atoms with Gasteiger partial charge in [-0.3, -0.25) is 4.79 Å². The minimum Gasteiger partial charge on any atom is -0.488 e. The molecule has 1 fully saturated rings. The van der Waals surface area contributed by atoms with Crippen molar-refractivity contribution in [1.82, 2.24) is 4.90 Å². The van der Waals surface area contributed by atoms with Crippen LogP contribution >= 0.6 is 11.6 Å². The van der Waals surface area contributed by atoms with Crippen LogP contribution in [0, 0.1) is 0 Å². The van der Waals surface area contributed by atoms with E-state index in [9.17, 15) is 18.0 Å². The van der Waals surface area contributed by atoms with E-state index in [4.69, 9.17) is 21.1 Å². The molecule has 2 aromatic rings. The summed E-state index contributed by atoms with van der Waals surface area (Å²) in [5.41, 5.74) is 1.08. The monoisotopic (exact) mass is 479 g/mol. The van der Waals surface area contributed by atoms with E-state index in [0.717, 1.165) is 5.56 Å². The first-order chi connectivity index (χ1) is 15.2. The topological polar surface area (TPSA) is 90.0 Å². The molecule has 7 nitrogen and oxygen atoms in total. The molecule has 1 saturated heterocycles. The van der Waals surface area contributed by atoms with Crippen LogP contribution in [-0.4, -0.2) is 55.4 Å². The number of benzene rings is 2. The quantitative estimate of drug-likeness (QED) is 0.538. The number of amides is 1. The number of carbonyl (C=O) groups excluding carboxylic acids is 2. The summed E-state index contributed by atoms with van der Waals surface area (Å²) in [4.78, 5) is 27.1. The first-order valence-electron chi connectivity index (χ1n) is 10.4. The molecule has 0 aliphatic carbocycles. The van der Waals surface area contributed by atoms with Crippen LogP contribution in [-0.2, 0) is 26.0 Å². The molecule has 0 radical (unpaired) electrons. The lowest BCUT2D eigenvalue weighted by molar-refractivity contribution is -0.141. The largest absolute Gasteiger partial charge is 0.488 e. The van der Waals surface area contributed by atoms with Crippen molar-refractivity contribution in [1.29, 1.82) is 0 Å². The molecular formula is C23H26ClNO6S. The average molecular weight is 480 g/mol. The average Bonchev–Trinajstić information content (AvgIpc) is 3.13. The van der Waals surface area contributed by atoms with E-state index in [2.05, 4.69) is 0 Å².